The van der Waals surface area contributed by atoms with Crippen LogP contribution in [0.2, 0.25) is 5.02 Å². The SMILES string of the molecule is O=C(/C=C/c1ccccc1Cl)Nc1cc(C(F)(F)F)ccc1N1CCOCC1. The molecule has 0 aromatic heterocycles. The summed E-state index contributed by atoms with van der Waals surface area (Å²) >= 11 is 6.04. The number of halogens is 4. The molecule has 0 saturated carbocycles. The summed E-state index contributed by atoms with van der Waals surface area (Å²) in [5, 5.41) is 3.03. The molecule has 28 heavy (non-hydrogen) atoms. The second-order valence-corrected chi connectivity index (χ2v) is 6.58. The Kier molecular flexibility index (Phi) is 6.26. The molecule has 1 fully saturated rings. The number of anilines is 2. The lowest BCUT2D eigenvalue weighted by Gasteiger charge is -2.30. The largest absolute Gasteiger partial charge is 0.416 e. The van der Waals surface area contributed by atoms with E-state index in [1.807, 2.05) is 4.90 Å². The predicted octanol–water partition coefficient (Wildman–Crippen LogP) is 4.85. The number of morpholine rings is 1. The molecule has 1 aliphatic rings. The average Bonchev–Trinajstić information content (AvgIpc) is 2.67. The van der Waals surface area contributed by atoms with Gasteiger partial charge < -0.3 is 15.0 Å². The van der Waals surface area contributed by atoms with Gasteiger partial charge in [0.25, 0.3) is 0 Å². The highest BCUT2D eigenvalue weighted by Gasteiger charge is 2.31. The van der Waals surface area contributed by atoms with Crippen molar-refractivity contribution in [1.82, 2.24) is 0 Å². The molecule has 0 radical (unpaired) electrons. The van der Waals surface area contributed by atoms with Gasteiger partial charge in [-0.3, -0.25) is 4.79 Å². The van der Waals surface area contributed by atoms with E-state index in [1.54, 1.807) is 24.3 Å². The van der Waals surface area contributed by atoms with Gasteiger partial charge in [-0.25, -0.2) is 0 Å². The Morgan fingerprint density at radius 2 is 1.86 bits per heavy atom. The summed E-state index contributed by atoms with van der Waals surface area (Å²) in [4.78, 5) is 14.2. The number of ether oxygens (including phenoxy) is 1. The molecule has 0 aliphatic carbocycles. The monoisotopic (exact) mass is 410 g/mol. The molecule has 4 nitrogen and oxygen atoms in total. The van der Waals surface area contributed by atoms with Crippen LogP contribution in [-0.4, -0.2) is 32.2 Å². The molecule has 0 unspecified atom stereocenters. The van der Waals surface area contributed by atoms with Gasteiger partial charge in [0.1, 0.15) is 0 Å². The number of alkyl halides is 3. The lowest BCUT2D eigenvalue weighted by atomic mass is 10.1. The molecule has 0 spiro atoms. The summed E-state index contributed by atoms with van der Waals surface area (Å²) in [5.74, 6) is -0.547. The molecule has 1 heterocycles. The first-order chi connectivity index (χ1) is 13.3. The second kappa shape index (κ2) is 8.67. The topological polar surface area (TPSA) is 41.6 Å². The van der Waals surface area contributed by atoms with Crippen LogP contribution >= 0.6 is 11.6 Å². The molecule has 2 aromatic carbocycles. The van der Waals surface area contributed by atoms with Crippen molar-refractivity contribution < 1.29 is 22.7 Å². The molecule has 1 amide bonds. The van der Waals surface area contributed by atoms with Crippen LogP contribution in [0.1, 0.15) is 11.1 Å². The van der Waals surface area contributed by atoms with E-state index in [4.69, 9.17) is 16.3 Å². The van der Waals surface area contributed by atoms with Gasteiger partial charge in [0.15, 0.2) is 0 Å². The van der Waals surface area contributed by atoms with E-state index in [-0.39, 0.29) is 5.69 Å². The van der Waals surface area contributed by atoms with Gasteiger partial charge in [-0.15, -0.1) is 0 Å². The number of benzene rings is 2. The van der Waals surface area contributed by atoms with Crippen molar-refractivity contribution in [2.45, 2.75) is 6.18 Å². The van der Waals surface area contributed by atoms with E-state index in [2.05, 4.69) is 5.32 Å². The predicted molar refractivity (Wildman–Crippen MR) is 104 cm³/mol. The van der Waals surface area contributed by atoms with Crippen LogP contribution in [0.5, 0.6) is 0 Å². The number of amides is 1. The Balaban J connectivity index is 1.85. The van der Waals surface area contributed by atoms with E-state index >= 15 is 0 Å². The highest BCUT2D eigenvalue weighted by atomic mass is 35.5. The second-order valence-electron chi connectivity index (χ2n) is 6.17. The lowest BCUT2D eigenvalue weighted by molar-refractivity contribution is -0.137. The smallest absolute Gasteiger partial charge is 0.378 e. The van der Waals surface area contributed by atoms with Gasteiger partial charge in [0.05, 0.1) is 30.2 Å². The summed E-state index contributed by atoms with van der Waals surface area (Å²) in [6.45, 7) is 2.01. The third-order valence-electron chi connectivity index (χ3n) is 4.25. The summed E-state index contributed by atoms with van der Waals surface area (Å²) in [6.07, 6.45) is -1.75. The number of carbonyl (C=O) groups excluding carboxylic acids is 1. The lowest BCUT2D eigenvalue weighted by Crippen LogP contribution is -2.36. The van der Waals surface area contributed by atoms with Gasteiger partial charge in [0, 0.05) is 24.2 Å². The van der Waals surface area contributed by atoms with Crippen LogP contribution in [0.3, 0.4) is 0 Å². The molecule has 148 valence electrons. The summed E-state index contributed by atoms with van der Waals surface area (Å²) in [6, 6.07) is 10.3. The molecule has 3 rings (SSSR count). The van der Waals surface area contributed by atoms with Crippen LogP contribution in [0.25, 0.3) is 6.08 Å². The molecule has 1 aliphatic heterocycles. The average molecular weight is 411 g/mol. The quantitative estimate of drug-likeness (QED) is 0.733. The van der Waals surface area contributed by atoms with Crippen molar-refractivity contribution in [3.8, 4) is 0 Å². The van der Waals surface area contributed by atoms with Crippen molar-refractivity contribution in [1.29, 1.82) is 0 Å². The first-order valence-electron chi connectivity index (χ1n) is 8.62. The third-order valence-corrected chi connectivity index (χ3v) is 4.60. The van der Waals surface area contributed by atoms with Gasteiger partial charge in [-0.2, -0.15) is 13.2 Å². The van der Waals surface area contributed by atoms with Crippen LogP contribution in [0.4, 0.5) is 24.5 Å². The van der Waals surface area contributed by atoms with Crippen LogP contribution in [-0.2, 0) is 15.7 Å². The third kappa shape index (κ3) is 5.05. The van der Waals surface area contributed by atoms with E-state index in [0.717, 1.165) is 12.1 Å². The fraction of sp³-hybridized carbons (Fsp3) is 0.250. The Bertz CT molecular complexity index is 878. The zero-order chi connectivity index (χ0) is 20.1. The van der Waals surface area contributed by atoms with Gasteiger partial charge >= 0.3 is 6.18 Å². The maximum Gasteiger partial charge on any atom is 0.416 e. The maximum atomic E-state index is 13.1. The molecule has 2 aromatic rings. The van der Waals surface area contributed by atoms with Crippen molar-refractivity contribution in [3.63, 3.8) is 0 Å². The molecule has 8 heteroatoms. The molecule has 1 N–H and O–H groups in total. The first-order valence-corrected chi connectivity index (χ1v) is 9.00. The van der Waals surface area contributed by atoms with Crippen molar-refractivity contribution >= 4 is 35.0 Å². The Labute approximate surface area is 165 Å². The molecule has 1 saturated heterocycles. The minimum Gasteiger partial charge on any atom is -0.378 e. The minimum absolute atomic E-state index is 0.102. The first kappa shape index (κ1) is 20.2. The Morgan fingerprint density at radius 1 is 1.14 bits per heavy atom. The highest BCUT2D eigenvalue weighted by molar-refractivity contribution is 6.32. The highest BCUT2D eigenvalue weighted by Crippen LogP contribution is 2.35. The van der Waals surface area contributed by atoms with E-state index in [9.17, 15) is 18.0 Å². The Hall–Kier alpha value is -2.51. The number of carbonyl (C=O) groups is 1. The Morgan fingerprint density at radius 3 is 2.54 bits per heavy atom. The summed E-state index contributed by atoms with van der Waals surface area (Å²) in [7, 11) is 0. The number of rotatable bonds is 4. The normalized spacial score (nSPS) is 15.1. The minimum atomic E-state index is -4.50. The molecular formula is C20H18ClF3N2O2. The maximum absolute atomic E-state index is 13.1. The van der Waals surface area contributed by atoms with Gasteiger partial charge in [-0.1, -0.05) is 29.8 Å². The van der Waals surface area contributed by atoms with Crippen molar-refractivity contribution in [2.24, 2.45) is 0 Å². The standard InChI is InChI=1S/C20H18ClF3N2O2/c21-16-4-2-1-3-14(16)5-8-19(27)25-17-13-15(20(22,23)24)6-7-18(17)26-9-11-28-12-10-26/h1-8,13H,9-12H2,(H,25,27)/b8-5+. The van der Waals surface area contributed by atoms with E-state index < -0.39 is 17.6 Å². The van der Waals surface area contributed by atoms with Crippen LogP contribution in [0, 0.1) is 0 Å². The van der Waals surface area contributed by atoms with Gasteiger partial charge in [0.2, 0.25) is 5.91 Å². The number of nitrogens with zero attached hydrogens (tertiary/aromatic N) is 1. The zero-order valence-electron chi connectivity index (χ0n) is 14.8. The van der Waals surface area contributed by atoms with Crippen LogP contribution < -0.4 is 10.2 Å². The number of hydrogen-bond acceptors (Lipinski definition) is 3. The van der Waals surface area contributed by atoms with E-state index in [1.165, 1.54) is 18.2 Å². The molecular weight excluding hydrogens is 393 g/mol. The van der Waals surface area contributed by atoms with Crippen LogP contribution in [0.15, 0.2) is 48.5 Å². The van der Waals surface area contributed by atoms with Crippen molar-refractivity contribution in [3.05, 3.63) is 64.7 Å². The van der Waals surface area contributed by atoms with Crippen molar-refractivity contribution in [2.75, 3.05) is 36.5 Å². The zero-order valence-corrected chi connectivity index (χ0v) is 15.6. The number of nitrogens with one attached hydrogen (secondary N) is 1. The summed E-state index contributed by atoms with van der Waals surface area (Å²) < 4.78 is 44.6. The fourth-order valence-corrected chi connectivity index (χ4v) is 3.04. The molecule has 0 atom stereocenters. The fourth-order valence-electron chi connectivity index (χ4n) is 2.84. The van der Waals surface area contributed by atoms with Gasteiger partial charge in [-0.05, 0) is 35.9 Å². The summed E-state index contributed by atoms with van der Waals surface area (Å²) in [5.41, 5.74) is 0.438. The molecule has 0 bridgehead atoms. The number of hydrogen-bond donors (Lipinski definition) is 1. The van der Waals surface area contributed by atoms with E-state index in [0.29, 0.717) is 42.6 Å².